The minimum atomic E-state index is -0.605. The van der Waals surface area contributed by atoms with Gasteiger partial charge in [-0.25, -0.2) is 4.39 Å². The van der Waals surface area contributed by atoms with Crippen LogP contribution in [0.5, 0.6) is 0 Å². The van der Waals surface area contributed by atoms with Crippen molar-refractivity contribution in [2.75, 3.05) is 18.4 Å². The summed E-state index contributed by atoms with van der Waals surface area (Å²) in [7, 11) is 0. The van der Waals surface area contributed by atoms with Gasteiger partial charge in [-0.2, -0.15) is 0 Å². The van der Waals surface area contributed by atoms with E-state index in [-0.39, 0.29) is 11.2 Å². The summed E-state index contributed by atoms with van der Waals surface area (Å²) in [4.78, 5) is 9.88. The zero-order valence-corrected chi connectivity index (χ0v) is 9.50. The van der Waals surface area contributed by atoms with Crippen molar-refractivity contribution in [1.29, 1.82) is 0 Å². The SMILES string of the molecule is CC1(Nc2ccc([N+](=O)[O-])cc2F)CCNC1. The first-order chi connectivity index (χ1) is 8.00. The van der Waals surface area contributed by atoms with Crippen LogP contribution >= 0.6 is 0 Å². The topological polar surface area (TPSA) is 67.2 Å². The van der Waals surface area contributed by atoms with E-state index in [0.717, 1.165) is 25.6 Å². The van der Waals surface area contributed by atoms with Gasteiger partial charge < -0.3 is 10.6 Å². The van der Waals surface area contributed by atoms with E-state index in [1.165, 1.54) is 12.1 Å². The number of rotatable bonds is 3. The van der Waals surface area contributed by atoms with Crippen LogP contribution < -0.4 is 10.6 Å². The summed E-state index contributed by atoms with van der Waals surface area (Å²) in [5.41, 5.74) is -0.124. The Hall–Kier alpha value is -1.69. The molecule has 92 valence electrons. The normalized spacial score (nSPS) is 23.6. The molecule has 1 heterocycles. The molecule has 1 unspecified atom stereocenters. The van der Waals surface area contributed by atoms with E-state index in [4.69, 9.17) is 0 Å². The first-order valence-electron chi connectivity index (χ1n) is 5.43. The second-order valence-corrected chi connectivity index (χ2v) is 4.53. The fourth-order valence-electron chi connectivity index (χ4n) is 1.97. The van der Waals surface area contributed by atoms with E-state index < -0.39 is 10.7 Å². The van der Waals surface area contributed by atoms with Gasteiger partial charge in [0, 0.05) is 18.2 Å². The lowest BCUT2D eigenvalue weighted by Gasteiger charge is -2.26. The number of nitro benzene ring substituents is 1. The number of nitrogens with one attached hydrogen (secondary N) is 2. The fraction of sp³-hybridized carbons (Fsp3) is 0.455. The Balaban J connectivity index is 2.19. The summed E-state index contributed by atoms with van der Waals surface area (Å²) >= 11 is 0. The van der Waals surface area contributed by atoms with Crippen molar-refractivity contribution < 1.29 is 9.31 Å². The van der Waals surface area contributed by atoms with Gasteiger partial charge in [-0.3, -0.25) is 10.1 Å². The molecule has 6 heteroatoms. The maximum atomic E-state index is 13.6. The van der Waals surface area contributed by atoms with E-state index in [2.05, 4.69) is 10.6 Å². The van der Waals surface area contributed by atoms with Gasteiger partial charge in [0.1, 0.15) is 0 Å². The predicted octanol–water partition coefficient (Wildman–Crippen LogP) is 1.90. The first-order valence-corrected chi connectivity index (χ1v) is 5.43. The average molecular weight is 239 g/mol. The van der Waals surface area contributed by atoms with Crippen LogP contribution in [0.3, 0.4) is 0 Å². The molecule has 5 nitrogen and oxygen atoms in total. The summed E-state index contributed by atoms with van der Waals surface area (Å²) in [5.74, 6) is -0.590. The zero-order chi connectivity index (χ0) is 12.5. The Kier molecular flexibility index (Phi) is 2.97. The van der Waals surface area contributed by atoms with E-state index in [0.29, 0.717) is 5.69 Å². The first kappa shape index (κ1) is 11.8. The average Bonchev–Trinajstić information content (AvgIpc) is 2.68. The van der Waals surface area contributed by atoms with Gasteiger partial charge in [-0.15, -0.1) is 0 Å². The van der Waals surface area contributed by atoms with Crippen LogP contribution in [0, 0.1) is 15.9 Å². The molecule has 0 spiro atoms. The molecule has 0 aromatic heterocycles. The van der Waals surface area contributed by atoms with Crippen LogP contribution in [0.25, 0.3) is 0 Å². The maximum absolute atomic E-state index is 13.6. The van der Waals surface area contributed by atoms with Gasteiger partial charge >= 0.3 is 0 Å². The second-order valence-electron chi connectivity index (χ2n) is 4.53. The molecule has 0 aliphatic carbocycles. The molecule has 2 N–H and O–H groups in total. The van der Waals surface area contributed by atoms with Crippen molar-refractivity contribution in [2.45, 2.75) is 18.9 Å². The van der Waals surface area contributed by atoms with Crippen molar-refractivity contribution in [3.63, 3.8) is 0 Å². The Morgan fingerprint density at radius 1 is 1.59 bits per heavy atom. The highest BCUT2D eigenvalue weighted by molar-refractivity contribution is 5.52. The van der Waals surface area contributed by atoms with Gasteiger partial charge in [0.05, 0.1) is 16.7 Å². The van der Waals surface area contributed by atoms with Crippen LogP contribution in [0.15, 0.2) is 18.2 Å². The van der Waals surface area contributed by atoms with Crippen LogP contribution in [-0.4, -0.2) is 23.6 Å². The number of anilines is 1. The van der Waals surface area contributed by atoms with E-state index >= 15 is 0 Å². The van der Waals surface area contributed by atoms with Crippen LogP contribution in [0.2, 0.25) is 0 Å². The lowest BCUT2D eigenvalue weighted by molar-refractivity contribution is -0.385. The minimum Gasteiger partial charge on any atom is -0.376 e. The van der Waals surface area contributed by atoms with Gasteiger partial charge in [0.15, 0.2) is 5.82 Å². The third-order valence-electron chi connectivity index (χ3n) is 2.97. The molecule has 1 saturated heterocycles. The number of nitro groups is 1. The third-order valence-corrected chi connectivity index (χ3v) is 2.97. The Labute approximate surface area is 98.2 Å². The van der Waals surface area contributed by atoms with Crippen LogP contribution in [0.1, 0.15) is 13.3 Å². The lowest BCUT2D eigenvalue weighted by atomic mass is 10.0. The minimum absolute atomic E-state index is 0.197. The Morgan fingerprint density at radius 2 is 2.35 bits per heavy atom. The summed E-state index contributed by atoms with van der Waals surface area (Å²) < 4.78 is 13.6. The summed E-state index contributed by atoms with van der Waals surface area (Å²) in [6.07, 6.45) is 0.892. The standard InChI is InChI=1S/C11H14FN3O2/c1-11(4-5-13-7-11)14-10-3-2-8(15(16)17)6-9(10)12/h2-3,6,13-14H,4-5,7H2,1H3. The largest absolute Gasteiger partial charge is 0.376 e. The summed E-state index contributed by atoms with van der Waals surface area (Å²) in [6, 6.07) is 3.66. The molecule has 1 aliphatic rings. The number of non-ortho nitro benzene ring substituents is 1. The second kappa shape index (κ2) is 4.29. The zero-order valence-electron chi connectivity index (χ0n) is 9.50. The molecule has 1 atom stereocenters. The summed E-state index contributed by atoms with van der Waals surface area (Å²) in [5, 5.41) is 16.8. The molecule has 0 radical (unpaired) electrons. The van der Waals surface area contributed by atoms with Gasteiger partial charge in [0.25, 0.3) is 5.69 Å². The quantitative estimate of drug-likeness (QED) is 0.624. The molecular weight excluding hydrogens is 225 g/mol. The monoisotopic (exact) mass is 239 g/mol. The Morgan fingerprint density at radius 3 is 2.88 bits per heavy atom. The van der Waals surface area contributed by atoms with Crippen molar-refractivity contribution in [1.82, 2.24) is 5.32 Å². The number of halogens is 1. The van der Waals surface area contributed by atoms with Gasteiger partial charge in [-0.1, -0.05) is 0 Å². The molecule has 17 heavy (non-hydrogen) atoms. The maximum Gasteiger partial charge on any atom is 0.272 e. The van der Waals surface area contributed by atoms with E-state index in [1.807, 2.05) is 6.92 Å². The van der Waals surface area contributed by atoms with E-state index in [1.54, 1.807) is 0 Å². The third kappa shape index (κ3) is 2.52. The number of benzene rings is 1. The molecule has 1 aromatic rings. The van der Waals surface area contributed by atoms with Crippen molar-refractivity contribution >= 4 is 11.4 Å². The fourth-order valence-corrected chi connectivity index (χ4v) is 1.97. The molecule has 0 amide bonds. The van der Waals surface area contributed by atoms with Gasteiger partial charge in [-0.05, 0) is 26.0 Å². The van der Waals surface area contributed by atoms with Crippen LogP contribution in [-0.2, 0) is 0 Å². The number of hydrogen-bond acceptors (Lipinski definition) is 4. The van der Waals surface area contributed by atoms with Gasteiger partial charge in [0.2, 0.25) is 0 Å². The molecule has 1 aliphatic heterocycles. The molecule has 1 fully saturated rings. The van der Waals surface area contributed by atoms with Crippen LogP contribution in [0.4, 0.5) is 15.8 Å². The number of hydrogen-bond donors (Lipinski definition) is 2. The highest BCUT2D eigenvalue weighted by Gasteiger charge is 2.29. The molecular formula is C11H14FN3O2. The van der Waals surface area contributed by atoms with Crippen molar-refractivity contribution in [2.24, 2.45) is 0 Å². The molecule has 1 aromatic carbocycles. The number of nitrogens with zero attached hydrogens (tertiary/aromatic N) is 1. The predicted molar refractivity (Wildman–Crippen MR) is 62.6 cm³/mol. The Bertz CT molecular complexity index is 444. The molecule has 0 saturated carbocycles. The van der Waals surface area contributed by atoms with Crippen molar-refractivity contribution in [3.05, 3.63) is 34.1 Å². The van der Waals surface area contributed by atoms with E-state index in [9.17, 15) is 14.5 Å². The smallest absolute Gasteiger partial charge is 0.272 e. The highest BCUT2D eigenvalue weighted by atomic mass is 19.1. The molecule has 2 rings (SSSR count). The molecule has 0 bridgehead atoms. The summed E-state index contributed by atoms with van der Waals surface area (Å²) in [6.45, 7) is 3.63. The van der Waals surface area contributed by atoms with Crippen molar-refractivity contribution in [3.8, 4) is 0 Å². The highest BCUT2D eigenvalue weighted by Crippen LogP contribution is 2.25. The lowest BCUT2D eigenvalue weighted by Crippen LogP contribution is -2.37.